The third kappa shape index (κ3) is 3.51. The van der Waals surface area contributed by atoms with Gasteiger partial charge in [-0.05, 0) is 18.6 Å². The molecule has 1 aromatic rings. The van der Waals surface area contributed by atoms with Crippen molar-refractivity contribution in [1.82, 2.24) is 9.88 Å². The van der Waals surface area contributed by atoms with E-state index in [1.165, 1.54) is 0 Å². The maximum atomic E-state index is 12.7. The normalized spacial score (nSPS) is 18.6. The molecule has 0 aliphatic carbocycles. The summed E-state index contributed by atoms with van der Waals surface area (Å²) in [6.45, 7) is 7.47. The minimum atomic E-state index is -0.156. The number of hydrogen-bond acceptors (Lipinski definition) is 5. The summed E-state index contributed by atoms with van der Waals surface area (Å²) in [6.07, 6.45) is 0.876. The van der Waals surface area contributed by atoms with Crippen LogP contribution >= 0.6 is 0 Å². The van der Waals surface area contributed by atoms with Crippen molar-refractivity contribution in [2.45, 2.75) is 38.6 Å². The molecule has 1 amide bonds. The van der Waals surface area contributed by atoms with E-state index in [1.807, 2.05) is 13.1 Å². The summed E-state index contributed by atoms with van der Waals surface area (Å²) in [7, 11) is 1.81. The molecule has 116 valence electrons. The molecule has 0 spiro atoms. The highest BCUT2D eigenvalue weighted by Crippen LogP contribution is 2.24. The van der Waals surface area contributed by atoms with Crippen LogP contribution in [0.2, 0.25) is 0 Å². The van der Waals surface area contributed by atoms with Gasteiger partial charge in [0.2, 0.25) is 0 Å². The molecular formula is C15H24N4O2. The SMILES string of the molecule is CN(C(=O)c1cc(NN)nc(C(C)(C)C)c1)C1CCOC1. The van der Waals surface area contributed by atoms with E-state index in [4.69, 9.17) is 10.6 Å². The number of nitrogens with zero attached hydrogens (tertiary/aromatic N) is 2. The summed E-state index contributed by atoms with van der Waals surface area (Å²) >= 11 is 0. The highest BCUT2D eigenvalue weighted by molar-refractivity contribution is 5.95. The van der Waals surface area contributed by atoms with Crippen LogP contribution in [-0.2, 0) is 10.2 Å². The number of aromatic nitrogens is 1. The van der Waals surface area contributed by atoms with Gasteiger partial charge in [0.25, 0.3) is 5.91 Å². The largest absolute Gasteiger partial charge is 0.379 e. The first-order chi connectivity index (χ1) is 9.82. The molecule has 3 N–H and O–H groups in total. The first kappa shape index (κ1) is 15.7. The van der Waals surface area contributed by atoms with Crippen molar-refractivity contribution in [3.63, 3.8) is 0 Å². The molecule has 6 nitrogen and oxygen atoms in total. The third-order valence-corrected chi connectivity index (χ3v) is 3.76. The number of pyridine rings is 1. The molecule has 0 aromatic carbocycles. The van der Waals surface area contributed by atoms with Gasteiger partial charge in [-0.2, -0.15) is 0 Å². The highest BCUT2D eigenvalue weighted by Gasteiger charge is 2.26. The number of ether oxygens (including phenoxy) is 1. The summed E-state index contributed by atoms with van der Waals surface area (Å²) < 4.78 is 5.35. The Labute approximate surface area is 125 Å². The van der Waals surface area contributed by atoms with Crippen molar-refractivity contribution >= 4 is 11.7 Å². The van der Waals surface area contributed by atoms with Crippen molar-refractivity contribution in [3.8, 4) is 0 Å². The monoisotopic (exact) mass is 292 g/mol. The van der Waals surface area contributed by atoms with Gasteiger partial charge in [0.1, 0.15) is 5.82 Å². The number of anilines is 1. The van der Waals surface area contributed by atoms with Gasteiger partial charge in [-0.1, -0.05) is 20.8 Å². The zero-order valence-electron chi connectivity index (χ0n) is 13.1. The van der Waals surface area contributed by atoms with Crippen LogP contribution in [0.4, 0.5) is 5.82 Å². The number of likely N-dealkylation sites (N-methyl/N-ethyl adjacent to an activating group) is 1. The number of carbonyl (C=O) groups is 1. The first-order valence-electron chi connectivity index (χ1n) is 7.17. The van der Waals surface area contributed by atoms with Gasteiger partial charge >= 0.3 is 0 Å². The van der Waals surface area contributed by atoms with Crippen LogP contribution in [0, 0.1) is 0 Å². The van der Waals surface area contributed by atoms with E-state index in [2.05, 4.69) is 31.2 Å². The lowest BCUT2D eigenvalue weighted by Crippen LogP contribution is -2.37. The second-order valence-corrected chi connectivity index (χ2v) is 6.45. The second-order valence-electron chi connectivity index (χ2n) is 6.45. The van der Waals surface area contributed by atoms with Crippen LogP contribution < -0.4 is 11.3 Å². The molecule has 2 heterocycles. The Morgan fingerprint density at radius 1 is 1.48 bits per heavy atom. The number of hydrogen-bond donors (Lipinski definition) is 2. The molecule has 0 bridgehead atoms. The van der Waals surface area contributed by atoms with Crippen LogP contribution in [-0.4, -0.2) is 42.1 Å². The van der Waals surface area contributed by atoms with Crippen LogP contribution in [0.15, 0.2) is 12.1 Å². The number of amides is 1. The Bertz CT molecular complexity index is 519. The first-order valence-corrected chi connectivity index (χ1v) is 7.17. The molecule has 1 aliphatic heterocycles. The van der Waals surface area contributed by atoms with Crippen molar-refractivity contribution in [2.24, 2.45) is 5.84 Å². The van der Waals surface area contributed by atoms with E-state index in [1.54, 1.807) is 11.0 Å². The van der Waals surface area contributed by atoms with Gasteiger partial charge in [0.05, 0.1) is 12.6 Å². The average Bonchev–Trinajstić information content (AvgIpc) is 2.98. The summed E-state index contributed by atoms with van der Waals surface area (Å²) in [5, 5.41) is 0. The fourth-order valence-corrected chi connectivity index (χ4v) is 2.31. The predicted molar refractivity (Wildman–Crippen MR) is 82.1 cm³/mol. The Balaban J connectivity index is 2.31. The minimum Gasteiger partial charge on any atom is -0.379 e. The molecule has 1 atom stereocenters. The fourth-order valence-electron chi connectivity index (χ4n) is 2.31. The summed E-state index contributed by atoms with van der Waals surface area (Å²) in [6, 6.07) is 3.66. The van der Waals surface area contributed by atoms with Crippen LogP contribution in [0.3, 0.4) is 0 Å². The molecule has 1 fully saturated rings. The van der Waals surface area contributed by atoms with Crippen molar-refractivity contribution in [3.05, 3.63) is 23.4 Å². The van der Waals surface area contributed by atoms with Gasteiger partial charge in [-0.25, -0.2) is 10.8 Å². The van der Waals surface area contributed by atoms with E-state index < -0.39 is 0 Å². The van der Waals surface area contributed by atoms with Crippen LogP contribution in [0.5, 0.6) is 0 Å². The van der Waals surface area contributed by atoms with E-state index in [-0.39, 0.29) is 17.4 Å². The molecule has 1 aliphatic rings. The number of nitrogens with one attached hydrogen (secondary N) is 1. The van der Waals surface area contributed by atoms with Crippen molar-refractivity contribution in [1.29, 1.82) is 0 Å². The van der Waals surface area contributed by atoms with E-state index in [0.29, 0.717) is 24.6 Å². The Hall–Kier alpha value is -1.66. The molecular weight excluding hydrogens is 268 g/mol. The van der Waals surface area contributed by atoms with E-state index >= 15 is 0 Å². The number of rotatable bonds is 3. The number of nitrogens with two attached hydrogens (primary N) is 1. The summed E-state index contributed by atoms with van der Waals surface area (Å²) in [5.41, 5.74) is 3.81. The lowest BCUT2D eigenvalue weighted by molar-refractivity contribution is 0.0711. The van der Waals surface area contributed by atoms with Gasteiger partial charge in [-0.15, -0.1) is 0 Å². The van der Waals surface area contributed by atoms with Gasteiger partial charge in [-0.3, -0.25) is 4.79 Å². The van der Waals surface area contributed by atoms with Crippen LogP contribution in [0.1, 0.15) is 43.2 Å². The second kappa shape index (κ2) is 5.99. The average molecular weight is 292 g/mol. The molecule has 1 saturated heterocycles. The van der Waals surface area contributed by atoms with Crippen molar-refractivity contribution < 1.29 is 9.53 Å². The molecule has 1 aromatic heterocycles. The number of carbonyl (C=O) groups excluding carboxylic acids is 1. The highest BCUT2D eigenvalue weighted by atomic mass is 16.5. The molecule has 21 heavy (non-hydrogen) atoms. The molecule has 6 heteroatoms. The Morgan fingerprint density at radius 3 is 2.71 bits per heavy atom. The molecule has 2 rings (SSSR count). The quantitative estimate of drug-likeness (QED) is 0.652. The maximum absolute atomic E-state index is 12.7. The smallest absolute Gasteiger partial charge is 0.254 e. The van der Waals surface area contributed by atoms with Gasteiger partial charge in [0, 0.05) is 30.3 Å². The van der Waals surface area contributed by atoms with Gasteiger partial charge in [0.15, 0.2) is 0 Å². The Kier molecular flexibility index (Phi) is 4.49. The van der Waals surface area contributed by atoms with E-state index in [0.717, 1.165) is 12.1 Å². The molecule has 0 radical (unpaired) electrons. The zero-order chi connectivity index (χ0) is 15.6. The summed E-state index contributed by atoms with van der Waals surface area (Å²) in [4.78, 5) is 18.8. The molecule has 0 saturated carbocycles. The number of hydrazine groups is 1. The molecule has 1 unspecified atom stereocenters. The van der Waals surface area contributed by atoms with Gasteiger partial charge < -0.3 is 15.1 Å². The maximum Gasteiger partial charge on any atom is 0.254 e. The topological polar surface area (TPSA) is 80.5 Å². The minimum absolute atomic E-state index is 0.0325. The zero-order valence-corrected chi connectivity index (χ0v) is 13.1. The summed E-state index contributed by atoms with van der Waals surface area (Å²) in [5.74, 6) is 5.94. The fraction of sp³-hybridized carbons (Fsp3) is 0.600. The lowest BCUT2D eigenvalue weighted by atomic mass is 9.90. The Morgan fingerprint density at radius 2 is 2.19 bits per heavy atom. The van der Waals surface area contributed by atoms with E-state index in [9.17, 15) is 4.79 Å². The predicted octanol–water partition coefficient (Wildman–Crippen LogP) is 1.53. The van der Waals surface area contributed by atoms with Crippen molar-refractivity contribution in [2.75, 3.05) is 25.7 Å². The number of nitrogen functional groups attached to an aromatic ring is 1. The standard InChI is InChI=1S/C15H24N4O2/c1-15(2,3)12-7-10(8-13(17-12)18-16)14(20)19(4)11-5-6-21-9-11/h7-8,11H,5-6,9,16H2,1-4H3,(H,17,18). The lowest BCUT2D eigenvalue weighted by Gasteiger charge is -2.25. The third-order valence-electron chi connectivity index (χ3n) is 3.76. The van der Waals surface area contributed by atoms with Crippen LogP contribution in [0.25, 0.3) is 0 Å².